The van der Waals surface area contributed by atoms with E-state index in [0.717, 1.165) is 3.79 Å². The van der Waals surface area contributed by atoms with E-state index in [9.17, 15) is 4.91 Å². The van der Waals surface area contributed by atoms with Crippen molar-refractivity contribution >= 4 is 54.6 Å². The van der Waals surface area contributed by atoms with Gasteiger partial charge >= 0.3 is 0 Å². The summed E-state index contributed by atoms with van der Waals surface area (Å²) >= 11 is 7.65. The predicted octanol–water partition coefficient (Wildman–Crippen LogP) is 3.25. The summed E-state index contributed by atoms with van der Waals surface area (Å²) < 4.78 is 1.39. The molecule has 1 aromatic heterocycles. The molecule has 1 rings (SSSR count). The summed E-state index contributed by atoms with van der Waals surface area (Å²) in [6, 6.07) is 0. The Bertz CT molecular complexity index is 272. The molecular weight excluding hydrogens is 284 g/mol. The van der Waals surface area contributed by atoms with Gasteiger partial charge in [0.1, 0.15) is 3.79 Å². The van der Waals surface area contributed by atoms with Gasteiger partial charge in [-0.05, 0) is 37.0 Å². The molecule has 3 nitrogen and oxygen atoms in total. The van der Waals surface area contributed by atoms with Crippen LogP contribution in [0.3, 0.4) is 0 Å². The molecule has 0 aliphatic rings. The smallest absolute Gasteiger partial charge is 0.157 e. The van der Waals surface area contributed by atoms with Crippen molar-refractivity contribution in [3.8, 4) is 0 Å². The van der Waals surface area contributed by atoms with Gasteiger partial charge < -0.3 is 5.73 Å². The summed E-state index contributed by atoms with van der Waals surface area (Å²) in [7, 11) is 0. The van der Waals surface area contributed by atoms with Gasteiger partial charge in [-0.15, -0.1) is 16.2 Å². The van der Waals surface area contributed by atoms with E-state index in [1.54, 1.807) is 0 Å². The minimum atomic E-state index is 0.275. The van der Waals surface area contributed by atoms with Gasteiger partial charge in [0.15, 0.2) is 5.69 Å². The molecule has 0 unspecified atom stereocenters. The third-order valence-electron chi connectivity index (χ3n) is 0.924. The van der Waals surface area contributed by atoms with Crippen LogP contribution < -0.4 is 5.73 Å². The molecule has 10 heavy (non-hydrogen) atoms. The molecule has 0 atom stereocenters. The topological polar surface area (TPSA) is 55.4 Å². The van der Waals surface area contributed by atoms with Crippen molar-refractivity contribution in [2.45, 2.75) is 0 Å². The monoisotopic (exact) mass is 284 g/mol. The molecule has 0 spiro atoms. The third-order valence-corrected chi connectivity index (χ3v) is 3.47. The van der Waals surface area contributed by atoms with Crippen LogP contribution in [-0.4, -0.2) is 0 Å². The van der Waals surface area contributed by atoms with E-state index in [1.165, 1.54) is 11.3 Å². The molecule has 0 radical (unpaired) electrons. The van der Waals surface area contributed by atoms with Crippen LogP contribution in [0.2, 0.25) is 0 Å². The number of hydrogen-bond donors (Lipinski definition) is 1. The normalized spacial score (nSPS) is 9.80. The molecule has 6 heteroatoms. The molecule has 1 heterocycles. The molecule has 2 N–H and O–H groups in total. The summed E-state index contributed by atoms with van der Waals surface area (Å²) in [5.74, 6) is 0. The van der Waals surface area contributed by atoms with Crippen molar-refractivity contribution in [3.05, 3.63) is 12.5 Å². The Kier molecular flexibility index (Phi) is 2.43. The van der Waals surface area contributed by atoms with Gasteiger partial charge in [0.05, 0.1) is 9.47 Å². The molecular formula is C4H2Br2N2OS. The maximum absolute atomic E-state index is 10.1. The lowest BCUT2D eigenvalue weighted by Crippen LogP contribution is -1.79. The van der Waals surface area contributed by atoms with Crippen LogP contribution in [0.4, 0.5) is 11.4 Å². The number of nitrogens with two attached hydrogens (primary N) is 1. The van der Waals surface area contributed by atoms with Gasteiger partial charge in [0, 0.05) is 0 Å². The number of hydrogen-bond acceptors (Lipinski definition) is 4. The highest BCUT2D eigenvalue weighted by molar-refractivity contribution is 9.12. The van der Waals surface area contributed by atoms with Crippen LogP contribution in [0.15, 0.2) is 12.7 Å². The molecule has 0 aliphatic carbocycles. The van der Waals surface area contributed by atoms with Crippen molar-refractivity contribution in [3.63, 3.8) is 0 Å². The summed E-state index contributed by atoms with van der Waals surface area (Å²) in [5, 5.41) is 2.75. The van der Waals surface area contributed by atoms with E-state index < -0.39 is 0 Å². The fourth-order valence-electron chi connectivity index (χ4n) is 0.466. The summed E-state index contributed by atoms with van der Waals surface area (Å²) in [6.45, 7) is 0. The number of nitrogens with zero attached hydrogens (tertiary/aromatic N) is 1. The largest absolute Gasteiger partial charge is 0.395 e. The molecule has 0 aliphatic heterocycles. The second-order valence-electron chi connectivity index (χ2n) is 1.50. The average molecular weight is 286 g/mol. The Morgan fingerprint density at radius 1 is 1.40 bits per heavy atom. The fourth-order valence-corrected chi connectivity index (χ4v) is 3.17. The number of nitrogen functional groups attached to an aromatic ring is 1. The second kappa shape index (κ2) is 2.98. The zero-order chi connectivity index (χ0) is 7.72. The molecule has 54 valence electrons. The zero-order valence-corrected chi connectivity index (χ0v) is 8.59. The van der Waals surface area contributed by atoms with Gasteiger partial charge in [0.25, 0.3) is 0 Å². The quantitative estimate of drug-likeness (QED) is 0.805. The minimum Gasteiger partial charge on any atom is -0.395 e. The Hall–Kier alpha value is 0.0600. The highest BCUT2D eigenvalue weighted by Gasteiger charge is 2.11. The average Bonchev–Trinajstić information content (AvgIpc) is 2.09. The SMILES string of the molecule is Nc1c(Br)sc(Br)c1N=O. The predicted molar refractivity (Wildman–Crippen MR) is 49.6 cm³/mol. The van der Waals surface area contributed by atoms with Crippen LogP contribution in [0, 0.1) is 4.91 Å². The van der Waals surface area contributed by atoms with Crippen LogP contribution in [0.25, 0.3) is 0 Å². The summed E-state index contributed by atoms with van der Waals surface area (Å²) in [6.07, 6.45) is 0. The first-order valence-corrected chi connectivity index (χ1v) is 4.63. The molecule has 0 bridgehead atoms. The van der Waals surface area contributed by atoms with Gasteiger partial charge in [-0.25, -0.2) is 0 Å². The highest BCUT2D eigenvalue weighted by atomic mass is 79.9. The maximum atomic E-state index is 10.1. The standard InChI is InChI=1S/C4H2Br2N2OS/c5-3-1(7)2(8-9)4(6)10-3/h7H2. The summed E-state index contributed by atoms with van der Waals surface area (Å²) in [5.41, 5.74) is 6.12. The molecule has 0 saturated heterocycles. The van der Waals surface area contributed by atoms with Crippen molar-refractivity contribution in [1.82, 2.24) is 0 Å². The number of rotatable bonds is 1. The Morgan fingerprint density at radius 3 is 2.20 bits per heavy atom. The molecule has 1 aromatic rings. The van der Waals surface area contributed by atoms with Gasteiger partial charge in [-0.2, -0.15) is 0 Å². The number of thiophene rings is 1. The van der Waals surface area contributed by atoms with Crippen LogP contribution in [0.5, 0.6) is 0 Å². The third kappa shape index (κ3) is 1.23. The first-order valence-electron chi connectivity index (χ1n) is 2.23. The first kappa shape index (κ1) is 8.16. The van der Waals surface area contributed by atoms with Gasteiger partial charge in [-0.3, -0.25) is 0 Å². The van der Waals surface area contributed by atoms with Crippen molar-refractivity contribution in [1.29, 1.82) is 0 Å². The van der Waals surface area contributed by atoms with Crippen molar-refractivity contribution in [2.75, 3.05) is 5.73 Å². The van der Waals surface area contributed by atoms with Crippen LogP contribution >= 0.6 is 43.2 Å². The van der Waals surface area contributed by atoms with E-state index in [0.29, 0.717) is 9.47 Å². The fraction of sp³-hybridized carbons (Fsp3) is 0. The van der Waals surface area contributed by atoms with Crippen molar-refractivity contribution in [2.24, 2.45) is 5.18 Å². The lowest BCUT2D eigenvalue weighted by molar-refractivity contribution is 1.53. The first-order chi connectivity index (χ1) is 4.66. The van der Waals surface area contributed by atoms with Gasteiger partial charge in [0.2, 0.25) is 0 Å². The number of nitroso groups, excluding NO2 is 1. The van der Waals surface area contributed by atoms with E-state index in [4.69, 9.17) is 5.73 Å². The van der Waals surface area contributed by atoms with E-state index in [1.807, 2.05) is 0 Å². The minimum absolute atomic E-state index is 0.275. The van der Waals surface area contributed by atoms with E-state index in [-0.39, 0.29) is 5.69 Å². The Morgan fingerprint density at radius 2 is 2.00 bits per heavy atom. The molecule has 0 saturated carbocycles. The molecule has 0 aromatic carbocycles. The summed E-state index contributed by atoms with van der Waals surface area (Å²) in [4.78, 5) is 10.1. The lowest BCUT2D eigenvalue weighted by atomic mass is 10.5. The zero-order valence-electron chi connectivity index (χ0n) is 4.60. The van der Waals surface area contributed by atoms with E-state index >= 15 is 0 Å². The Labute approximate surface area is 77.8 Å². The Balaban J connectivity index is 3.33. The van der Waals surface area contributed by atoms with Crippen molar-refractivity contribution < 1.29 is 0 Å². The number of anilines is 1. The van der Waals surface area contributed by atoms with E-state index in [2.05, 4.69) is 37.0 Å². The molecule has 0 fully saturated rings. The van der Waals surface area contributed by atoms with Gasteiger partial charge in [-0.1, -0.05) is 0 Å². The lowest BCUT2D eigenvalue weighted by Gasteiger charge is -1.85. The molecule has 0 amide bonds. The maximum Gasteiger partial charge on any atom is 0.157 e. The van der Waals surface area contributed by atoms with Crippen LogP contribution in [-0.2, 0) is 0 Å². The second-order valence-corrected chi connectivity index (χ2v) is 5.16. The highest BCUT2D eigenvalue weighted by Crippen LogP contribution is 2.44. The van der Waals surface area contributed by atoms with Crippen LogP contribution in [0.1, 0.15) is 0 Å². The number of halogens is 2.